The van der Waals surface area contributed by atoms with Crippen LogP contribution in [-0.2, 0) is 0 Å². The van der Waals surface area contributed by atoms with Crippen molar-refractivity contribution in [2.45, 2.75) is 48.3 Å². The lowest BCUT2D eigenvalue weighted by Crippen LogP contribution is -2.46. The fourth-order valence-corrected chi connectivity index (χ4v) is 4.02. The minimum absolute atomic E-state index is 0.124. The average molecular weight is 283 g/mol. The van der Waals surface area contributed by atoms with Gasteiger partial charge in [0.25, 0.3) is 0 Å². The summed E-state index contributed by atoms with van der Waals surface area (Å²) < 4.78 is 13.2. The molecule has 1 fully saturated rings. The molecule has 1 aromatic rings. The van der Waals surface area contributed by atoms with E-state index < -0.39 is 0 Å². The minimum atomic E-state index is -0.180. The van der Waals surface area contributed by atoms with E-state index in [1.807, 2.05) is 6.07 Å². The average Bonchev–Trinajstić information content (AvgIpc) is 2.80. The number of hydrogen-bond acceptors (Lipinski definition) is 3. The van der Waals surface area contributed by atoms with Gasteiger partial charge in [0.15, 0.2) is 0 Å². The highest BCUT2D eigenvalue weighted by atomic mass is 32.2. The Labute approximate surface area is 118 Å². The number of thioether (sulfide) groups is 1. The lowest BCUT2D eigenvalue weighted by Gasteiger charge is -2.28. The summed E-state index contributed by atoms with van der Waals surface area (Å²) in [6, 6.07) is 6.76. The summed E-state index contributed by atoms with van der Waals surface area (Å²) in [4.78, 5) is 0.981. The molecule has 0 spiro atoms. The number of halogens is 1. The van der Waals surface area contributed by atoms with E-state index in [4.69, 9.17) is 0 Å². The number of benzene rings is 1. The van der Waals surface area contributed by atoms with Crippen molar-refractivity contribution in [3.63, 3.8) is 0 Å². The van der Waals surface area contributed by atoms with Crippen LogP contribution in [0.25, 0.3) is 0 Å². The van der Waals surface area contributed by atoms with E-state index in [0.717, 1.165) is 37.1 Å². The minimum Gasteiger partial charge on any atom is -0.394 e. The van der Waals surface area contributed by atoms with Crippen molar-refractivity contribution >= 4 is 11.8 Å². The topological polar surface area (TPSA) is 32.3 Å². The Hall–Kier alpha value is -0.580. The SMILES string of the molecule is CCCNC1(CO)CCC(Sc2cccc(F)c2)C1. The first-order valence-electron chi connectivity index (χ1n) is 6.95. The maximum atomic E-state index is 13.2. The van der Waals surface area contributed by atoms with Crippen LogP contribution in [-0.4, -0.2) is 29.0 Å². The molecule has 1 aromatic carbocycles. The van der Waals surface area contributed by atoms with Gasteiger partial charge >= 0.3 is 0 Å². The molecule has 0 bridgehead atoms. The van der Waals surface area contributed by atoms with Crippen LogP contribution in [0.15, 0.2) is 29.2 Å². The third-order valence-electron chi connectivity index (χ3n) is 3.71. The summed E-state index contributed by atoms with van der Waals surface area (Å²) in [5.74, 6) is -0.180. The highest BCUT2D eigenvalue weighted by Crippen LogP contribution is 2.40. The number of hydrogen-bond donors (Lipinski definition) is 2. The number of aliphatic hydroxyl groups is 1. The summed E-state index contributed by atoms with van der Waals surface area (Å²) in [6.45, 7) is 3.26. The molecule has 0 heterocycles. The normalized spacial score (nSPS) is 26.8. The van der Waals surface area contributed by atoms with Crippen molar-refractivity contribution in [3.05, 3.63) is 30.1 Å². The number of rotatable bonds is 6. The molecule has 19 heavy (non-hydrogen) atoms. The zero-order chi connectivity index (χ0) is 13.7. The van der Waals surface area contributed by atoms with Crippen LogP contribution in [0.5, 0.6) is 0 Å². The van der Waals surface area contributed by atoms with Gasteiger partial charge in [-0.3, -0.25) is 0 Å². The van der Waals surface area contributed by atoms with E-state index >= 15 is 0 Å². The Bertz CT molecular complexity index is 415. The Kier molecular flexibility index (Phi) is 5.25. The third kappa shape index (κ3) is 3.94. The molecule has 0 radical (unpaired) electrons. The van der Waals surface area contributed by atoms with Crippen molar-refractivity contribution in [2.24, 2.45) is 0 Å². The van der Waals surface area contributed by atoms with Gasteiger partial charge in [0.1, 0.15) is 5.82 Å². The van der Waals surface area contributed by atoms with Crippen LogP contribution >= 0.6 is 11.8 Å². The molecule has 2 rings (SSSR count). The molecule has 1 aliphatic rings. The van der Waals surface area contributed by atoms with Crippen LogP contribution in [0.2, 0.25) is 0 Å². The molecular formula is C15H22FNOS. The van der Waals surface area contributed by atoms with Gasteiger partial charge in [-0.15, -0.1) is 11.8 Å². The summed E-state index contributed by atoms with van der Waals surface area (Å²) in [6.07, 6.45) is 4.09. The molecule has 1 aliphatic carbocycles. The molecule has 0 amide bonds. The van der Waals surface area contributed by atoms with Crippen molar-refractivity contribution in [1.82, 2.24) is 5.32 Å². The Morgan fingerprint density at radius 2 is 2.37 bits per heavy atom. The summed E-state index contributed by atoms with van der Waals surface area (Å²) in [5.41, 5.74) is -0.124. The molecule has 4 heteroatoms. The first-order valence-corrected chi connectivity index (χ1v) is 7.83. The Balaban J connectivity index is 1.93. The Morgan fingerprint density at radius 1 is 1.53 bits per heavy atom. The van der Waals surface area contributed by atoms with Gasteiger partial charge < -0.3 is 10.4 Å². The van der Waals surface area contributed by atoms with E-state index in [0.29, 0.717) is 5.25 Å². The molecule has 0 aliphatic heterocycles. The molecule has 0 saturated heterocycles. The van der Waals surface area contributed by atoms with Crippen LogP contribution in [0.4, 0.5) is 4.39 Å². The third-order valence-corrected chi connectivity index (χ3v) is 4.98. The van der Waals surface area contributed by atoms with Crippen molar-refractivity contribution in [2.75, 3.05) is 13.2 Å². The van der Waals surface area contributed by atoms with E-state index in [9.17, 15) is 9.50 Å². The predicted octanol–water partition coefficient (Wildman–Crippen LogP) is 3.20. The second-order valence-corrected chi connectivity index (χ2v) is 6.68. The zero-order valence-electron chi connectivity index (χ0n) is 11.4. The lowest BCUT2D eigenvalue weighted by molar-refractivity contribution is 0.165. The number of nitrogens with one attached hydrogen (secondary N) is 1. The van der Waals surface area contributed by atoms with E-state index in [-0.39, 0.29) is 18.0 Å². The largest absolute Gasteiger partial charge is 0.394 e. The van der Waals surface area contributed by atoms with Crippen LogP contribution < -0.4 is 5.32 Å². The molecule has 2 atom stereocenters. The van der Waals surface area contributed by atoms with Crippen molar-refractivity contribution < 1.29 is 9.50 Å². The standard InChI is InChI=1S/C15H22FNOS/c1-2-8-17-15(11-18)7-6-14(10-15)19-13-5-3-4-12(16)9-13/h3-5,9,14,17-18H,2,6-8,10-11H2,1H3. The molecule has 2 N–H and O–H groups in total. The second kappa shape index (κ2) is 6.73. The second-order valence-electron chi connectivity index (χ2n) is 5.31. The first kappa shape index (κ1) is 14.8. The van der Waals surface area contributed by atoms with Gasteiger partial charge in [-0.2, -0.15) is 0 Å². The monoisotopic (exact) mass is 283 g/mol. The molecule has 0 aromatic heterocycles. The van der Waals surface area contributed by atoms with Crippen molar-refractivity contribution in [3.8, 4) is 0 Å². The van der Waals surface area contributed by atoms with Gasteiger partial charge in [-0.25, -0.2) is 4.39 Å². The lowest BCUT2D eigenvalue weighted by atomic mass is 9.99. The van der Waals surface area contributed by atoms with Crippen LogP contribution in [0.1, 0.15) is 32.6 Å². The fourth-order valence-electron chi connectivity index (χ4n) is 2.66. The van der Waals surface area contributed by atoms with Crippen LogP contribution in [0.3, 0.4) is 0 Å². The van der Waals surface area contributed by atoms with E-state index in [1.54, 1.807) is 23.9 Å². The van der Waals surface area contributed by atoms with Gasteiger partial charge in [0.05, 0.1) is 6.61 Å². The number of aliphatic hydroxyl groups excluding tert-OH is 1. The van der Waals surface area contributed by atoms with Gasteiger partial charge in [-0.05, 0) is 50.4 Å². The van der Waals surface area contributed by atoms with Gasteiger partial charge in [0, 0.05) is 15.7 Å². The molecule has 2 nitrogen and oxygen atoms in total. The van der Waals surface area contributed by atoms with E-state index in [1.165, 1.54) is 6.07 Å². The van der Waals surface area contributed by atoms with E-state index in [2.05, 4.69) is 12.2 Å². The van der Waals surface area contributed by atoms with Crippen LogP contribution in [0, 0.1) is 5.82 Å². The summed E-state index contributed by atoms with van der Waals surface area (Å²) in [7, 11) is 0. The quantitative estimate of drug-likeness (QED) is 0.841. The highest BCUT2D eigenvalue weighted by Gasteiger charge is 2.38. The maximum absolute atomic E-state index is 13.2. The molecule has 106 valence electrons. The fraction of sp³-hybridized carbons (Fsp3) is 0.600. The Morgan fingerprint density at radius 3 is 3.05 bits per heavy atom. The predicted molar refractivity (Wildman–Crippen MR) is 78.0 cm³/mol. The molecular weight excluding hydrogens is 261 g/mol. The summed E-state index contributed by atoms with van der Waals surface area (Å²) >= 11 is 1.73. The maximum Gasteiger partial charge on any atom is 0.124 e. The summed E-state index contributed by atoms with van der Waals surface area (Å²) in [5, 5.41) is 13.6. The molecule has 2 unspecified atom stereocenters. The van der Waals surface area contributed by atoms with Crippen molar-refractivity contribution in [1.29, 1.82) is 0 Å². The smallest absolute Gasteiger partial charge is 0.124 e. The highest BCUT2D eigenvalue weighted by molar-refractivity contribution is 8.00. The molecule has 1 saturated carbocycles. The zero-order valence-corrected chi connectivity index (χ0v) is 12.2. The van der Waals surface area contributed by atoms with Gasteiger partial charge in [0.2, 0.25) is 0 Å². The van der Waals surface area contributed by atoms with Gasteiger partial charge in [-0.1, -0.05) is 13.0 Å². The first-order chi connectivity index (χ1) is 9.17.